The molecule has 0 heterocycles. The molecule has 1 aromatic carbocycles. The van der Waals surface area contributed by atoms with Crippen LogP contribution in [0.5, 0.6) is 0 Å². The van der Waals surface area contributed by atoms with Gasteiger partial charge in [0.05, 0.1) is 6.04 Å². The second kappa shape index (κ2) is 10.1. The van der Waals surface area contributed by atoms with Crippen molar-refractivity contribution in [1.29, 1.82) is 0 Å². The van der Waals surface area contributed by atoms with E-state index in [2.05, 4.69) is 5.32 Å². The number of benzene rings is 1. The molecule has 1 saturated carbocycles. The van der Waals surface area contributed by atoms with Crippen LogP contribution in [0, 0.1) is 17.6 Å². The molecule has 138 valence electrons. The Labute approximate surface area is 154 Å². The van der Waals surface area contributed by atoms with Gasteiger partial charge in [0.2, 0.25) is 5.91 Å². The monoisotopic (exact) mass is 383 g/mol. The number of carbonyl (C=O) groups excluding carboxylic acids is 1. The number of rotatable bonds is 5. The smallest absolute Gasteiger partial charge is 0.223 e. The summed E-state index contributed by atoms with van der Waals surface area (Å²) in [6.07, 6.45) is 2.29. The van der Waals surface area contributed by atoms with Crippen LogP contribution in [-0.2, 0) is 4.79 Å². The normalized spacial score (nSPS) is 20.9. The lowest BCUT2D eigenvalue weighted by molar-refractivity contribution is -0.125. The maximum atomic E-state index is 13.9. The summed E-state index contributed by atoms with van der Waals surface area (Å²) in [5.74, 6) is -1.38. The molecule has 24 heavy (non-hydrogen) atoms. The lowest BCUT2D eigenvalue weighted by Gasteiger charge is -2.26. The summed E-state index contributed by atoms with van der Waals surface area (Å²) in [6, 6.07) is 3.31. The Morgan fingerprint density at radius 1 is 1.29 bits per heavy atom. The predicted octanol–water partition coefficient (Wildman–Crippen LogP) is 2.65. The highest BCUT2D eigenvalue weighted by Crippen LogP contribution is 2.26. The fourth-order valence-electron chi connectivity index (χ4n) is 2.97. The molecule has 2 rings (SSSR count). The molecule has 1 fully saturated rings. The first kappa shape index (κ1) is 23.1. The Hall–Kier alpha value is -0.950. The minimum Gasteiger partial charge on any atom is -0.354 e. The van der Waals surface area contributed by atoms with Crippen LogP contribution in [0.4, 0.5) is 8.78 Å². The maximum absolute atomic E-state index is 13.9. The standard InChI is InChI=1S/C16H23F2N3O.2ClH/c1-21(2)14(15-12(17)4-3-5-13(15)18)9-20-16(22)10-6-7-11(19)8-10;;/h3-5,10-11,14H,6-9,19H2,1-2H3,(H,20,22);2*1H. The molecule has 1 aliphatic carbocycles. The lowest BCUT2D eigenvalue weighted by Crippen LogP contribution is -2.38. The van der Waals surface area contributed by atoms with Crippen molar-refractivity contribution in [2.24, 2.45) is 11.7 Å². The van der Waals surface area contributed by atoms with Gasteiger partial charge < -0.3 is 16.0 Å². The Balaban J connectivity index is 0.00000264. The fourth-order valence-corrected chi connectivity index (χ4v) is 2.97. The van der Waals surface area contributed by atoms with E-state index >= 15 is 0 Å². The number of nitrogens with zero attached hydrogens (tertiary/aromatic N) is 1. The van der Waals surface area contributed by atoms with Crippen LogP contribution in [0.1, 0.15) is 30.9 Å². The third-order valence-electron chi connectivity index (χ3n) is 4.27. The van der Waals surface area contributed by atoms with E-state index in [1.807, 2.05) is 0 Å². The first-order chi connectivity index (χ1) is 10.4. The lowest BCUT2D eigenvalue weighted by atomic mass is 10.0. The zero-order valence-corrected chi connectivity index (χ0v) is 15.4. The number of hydrogen-bond acceptors (Lipinski definition) is 3. The van der Waals surface area contributed by atoms with Gasteiger partial charge >= 0.3 is 0 Å². The molecule has 0 bridgehead atoms. The van der Waals surface area contributed by atoms with Gasteiger partial charge in [0, 0.05) is 24.1 Å². The Morgan fingerprint density at radius 2 is 1.88 bits per heavy atom. The molecule has 3 atom stereocenters. The van der Waals surface area contributed by atoms with Gasteiger partial charge in [0.25, 0.3) is 0 Å². The van der Waals surface area contributed by atoms with Gasteiger partial charge in [-0.1, -0.05) is 6.07 Å². The highest BCUT2D eigenvalue weighted by Gasteiger charge is 2.29. The number of halogens is 4. The van der Waals surface area contributed by atoms with E-state index in [-0.39, 0.29) is 54.8 Å². The Bertz CT molecular complexity index is 526. The van der Waals surface area contributed by atoms with Crippen LogP contribution >= 0.6 is 24.8 Å². The summed E-state index contributed by atoms with van der Waals surface area (Å²) in [5, 5.41) is 2.81. The number of likely N-dealkylation sites (N-methyl/N-ethyl adjacent to an activating group) is 1. The fraction of sp³-hybridized carbons (Fsp3) is 0.562. The van der Waals surface area contributed by atoms with Crippen molar-refractivity contribution in [3.63, 3.8) is 0 Å². The first-order valence-corrected chi connectivity index (χ1v) is 7.53. The molecule has 0 aliphatic heterocycles. The molecular weight excluding hydrogens is 359 g/mol. The van der Waals surface area contributed by atoms with E-state index in [1.54, 1.807) is 19.0 Å². The topological polar surface area (TPSA) is 58.4 Å². The average Bonchev–Trinajstić information content (AvgIpc) is 2.88. The van der Waals surface area contributed by atoms with Crippen molar-refractivity contribution in [2.45, 2.75) is 31.3 Å². The zero-order valence-electron chi connectivity index (χ0n) is 13.8. The van der Waals surface area contributed by atoms with Crippen molar-refractivity contribution < 1.29 is 13.6 Å². The van der Waals surface area contributed by atoms with E-state index in [0.29, 0.717) is 6.42 Å². The summed E-state index contributed by atoms with van der Waals surface area (Å²) in [7, 11) is 3.46. The first-order valence-electron chi connectivity index (χ1n) is 7.53. The predicted molar refractivity (Wildman–Crippen MR) is 95.6 cm³/mol. The number of carbonyl (C=O) groups is 1. The van der Waals surface area contributed by atoms with E-state index in [9.17, 15) is 13.6 Å². The third-order valence-corrected chi connectivity index (χ3v) is 4.27. The number of amides is 1. The summed E-state index contributed by atoms with van der Waals surface area (Å²) >= 11 is 0. The van der Waals surface area contributed by atoms with Crippen LogP contribution in [0.3, 0.4) is 0 Å². The van der Waals surface area contributed by atoms with Crippen molar-refractivity contribution in [1.82, 2.24) is 10.2 Å². The largest absolute Gasteiger partial charge is 0.354 e. The minimum atomic E-state index is -0.601. The SMILES string of the molecule is CN(C)C(CNC(=O)C1CCC(N)C1)c1c(F)cccc1F.Cl.Cl. The Morgan fingerprint density at radius 3 is 2.33 bits per heavy atom. The van der Waals surface area contributed by atoms with Gasteiger partial charge in [-0.3, -0.25) is 4.79 Å². The van der Waals surface area contributed by atoms with Crippen LogP contribution in [0.25, 0.3) is 0 Å². The van der Waals surface area contributed by atoms with Gasteiger partial charge in [-0.2, -0.15) is 0 Å². The molecule has 1 amide bonds. The molecule has 3 unspecified atom stereocenters. The molecule has 3 N–H and O–H groups in total. The van der Waals surface area contributed by atoms with Gasteiger partial charge in [-0.25, -0.2) is 8.78 Å². The minimum absolute atomic E-state index is 0. The molecule has 0 aromatic heterocycles. The summed E-state index contributed by atoms with van der Waals surface area (Å²) in [4.78, 5) is 13.8. The highest BCUT2D eigenvalue weighted by molar-refractivity contribution is 5.85. The summed E-state index contributed by atoms with van der Waals surface area (Å²) in [6.45, 7) is 0.162. The van der Waals surface area contributed by atoms with Crippen LogP contribution in [0.15, 0.2) is 18.2 Å². The van der Waals surface area contributed by atoms with E-state index < -0.39 is 17.7 Å². The number of nitrogens with two attached hydrogens (primary N) is 1. The van der Waals surface area contributed by atoms with Gasteiger partial charge in [0.1, 0.15) is 11.6 Å². The molecular formula is C16H25Cl2F2N3O. The van der Waals surface area contributed by atoms with Crippen molar-refractivity contribution >= 4 is 30.7 Å². The van der Waals surface area contributed by atoms with Crippen LogP contribution in [-0.4, -0.2) is 37.5 Å². The van der Waals surface area contributed by atoms with Crippen molar-refractivity contribution in [3.05, 3.63) is 35.4 Å². The zero-order chi connectivity index (χ0) is 16.3. The van der Waals surface area contributed by atoms with Crippen LogP contribution < -0.4 is 11.1 Å². The summed E-state index contributed by atoms with van der Waals surface area (Å²) < 4.78 is 27.9. The van der Waals surface area contributed by atoms with Gasteiger partial charge in [-0.05, 0) is 45.5 Å². The second-order valence-electron chi connectivity index (χ2n) is 6.13. The van der Waals surface area contributed by atoms with Gasteiger partial charge in [0.15, 0.2) is 0 Å². The molecule has 4 nitrogen and oxygen atoms in total. The summed E-state index contributed by atoms with van der Waals surface area (Å²) in [5.41, 5.74) is 5.79. The quantitative estimate of drug-likeness (QED) is 0.821. The molecule has 8 heteroatoms. The number of hydrogen-bond donors (Lipinski definition) is 2. The number of nitrogens with one attached hydrogen (secondary N) is 1. The Kier molecular flexibility index (Phi) is 9.73. The highest BCUT2D eigenvalue weighted by atomic mass is 35.5. The molecule has 0 spiro atoms. The van der Waals surface area contributed by atoms with E-state index in [0.717, 1.165) is 12.8 Å². The van der Waals surface area contributed by atoms with E-state index in [1.165, 1.54) is 18.2 Å². The molecule has 0 saturated heterocycles. The second-order valence-corrected chi connectivity index (χ2v) is 6.13. The van der Waals surface area contributed by atoms with Gasteiger partial charge in [-0.15, -0.1) is 24.8 Å². The molecule has 1 aromatic rings. The molecule has 0 radical (unpaired) electrons. The third kappa shape index (κ3) is 5.55. The van der Waals surface area contributed by atoms with E-state index in [4.69, 9.17) is 5.73 Å². The van der Waals surface area contributed by atoms with Crippen LogP contribution in [0.2, 0.25) is 0 Å². The molecule has 1 aliphatic rings. The van der Waals surface area contributed by atoms with Crippen molar-refractivity contribution in [2.75, 3.05) is 20.6 Å². The average molecular weight is 384 g/mol. The maximum Gasteiger partial charge on any atom is 0.223 e. The van der Waals surface area contributed by atoms with Crippen molar-refractivity contribution in [3.8, 4) is 0 Å².